The molecule has 3 rings (SSSR count). The quantitative estimate of drug-likeness (QED) is 0.387. The topological polar surface area (TPSA) is 120 Å². The van der Waals surface area contributed by atoms with E-state index >= 15 is 0 Å². The number of carbonyl (C=O) groups excluding carboxylic acids is 2. The molecule has 170 valence electrons. The van der Waals surface area contributed by atoms with Crippen LogP contribution in [0.15, 0.2) is 60.7 Å². The van der Waals surface area contributed by atoms with Crippen LogP contribution in [0.25, 0.3) is 0 Å². The Morgan fingerprint density at radius 2 is 1.67 bits per heavy atom. The molecule has 33 heavy (non-hydrogen) atoms. The molecule has 0 aliphatic carbocycles. The van der Waals surface area contributed by atoms with Gasteiger partial charge in [-0.05, 0) is 43.3 Å². The number of benzene rings is 3. The third kappa shape index (κ3) is 5.82. The van der Waals surface area contributed by atoms with Crippen LogP contribution in [0.5, 0.6) is 11.5 Å². The average Bonchev–Trinajstić information content (AvgIpc) is 2.79. The maximum Gasteiger partial charge on any atom is 0.276 e. The van der Waals surface area contributed by atoms with Crippen molar-refractivity contribution in [2.24, 2.45) is 0 Å². The third-order valence-electron chi connectivity index (χ3n) is 4.61. The zero-order chi connectivity index (χ0) is 24.0. The number of nitro benzene ring substituents is 1. The van der Waals surface area contributed by atoms with E-state index in [0.717, 1.165) is 12.1 Å². The summed E-state index contributed by atoms with van der Waals surface area (Å²) in [7, 11) is 1.49. The van der Waals surface area contributed by atoms with E-state index in [0.29, 0.717) is 22.9 Å². The molecule has 3 aromatic rings. The van der Waals surface area contributed by atoms with Crippen molar-refractivity contribution in [3.63, 3.8) is 0 Å². The van der Waals surface area contributed by atoms with Gasteiger partial charge >= 0.3 is 0 Å². The Bertz CT molecular complexity index is 1210. The fourth-order valence-electron chi connectivity index (χ4n) is 2.94. The summed E-state index contributed by atoms with van der Waals surface area (Å²) in [6.07, 6.45) is 0. The van der Waals surface area contributed by atoms with E-state index in [1.54, 1.807) is 42.5 Å². The zero-order valence-electron chi connectivity index (χ0n) is 17.8. The molecule has 0 fully saturated rings. The number of hydrogen-bond donors (Lipinski definition) is 2. The summed E-state index contributed by atoms with van der Waals surface area (Å²) < 4.78 is 24.6. The normalized spacial score (nSPS) is 10.3. The van der Waals surface area contributed by atoms with Crippen molar-refractivity contribution < 1.29 is 28.4 Å². The van der Waals surface area contributed by atoms with E-state index in [-0.39, 0.29) is 17.7 Å². The van der Waals surface area contributed by atoms with E-state index < -0.39 is 28.2 Å². The second-order valence-electron chi connectivity index (χ2n) is 6.88. The molecular formula is C23H20FN3O6. The van der Waals surface area contributed by atoms with Crippen LogP contribution in [0.2, 0.25) is 0 Å². The van der Waals surface area contributed by atoms with Gasteiger partial charge < -0.3 is 20.1 Å². The number of para-hydroxylation sites is 2. The molecule has 0 atom stereocenters. The highest BCUT2D eigenvalue weighted by atomic mass is 19.1. The maximum atomic E-state index is 14.0. The highest BCUT2D eigenvalue weighted by molar-refractivity contribution is 6.05. The van der Waals surface area contributed by atoms with E-state index in [1.807, 2.05) is 0 Å². The summed E-state index contributed by atoms with van der Waals surface area (Å²) in [5.74, 6) is -1.13. The van der Waals surface area contributed by atoms with Gasteiger partial charge in [-0.2, -0.15) is 0 Å². The number of amides is 2. The van der Waals surface area contributed by atoms with Crippen molar-refractivity contribution in [2.75, 3.05) is 24.4 Å². The Morgan fingerprint density at radius 3 is 2.33 bits per heavy atom. The number of nitrogens with one attached hydrogen (secondary N) is 2. The van der Waals surface area contributed by atoms with Crippen LogP contribution < -0.4 is 20.1 Å². The van der Waals surface area contributed by atoms with Crippen LogP contribution in [0.4, 0.5) is 21.5 Å². The lowest BCUT2D eigenvalue weighted by Gasteiger charge is -2.11. The van der Waals surface area contributed by atoms with Gasteiger partial charge in [-0.3, -0.25) is 19.7 Å². The Hall–Kier alpha value is -4.47. The first-order valence-electron chi connectivity index (χ1n) is 9.70. The first kappa shape index (κ1) is 23.2. The maximum absolute atomic E-state index is 14.0. The number of rotatable bonds is 8. The molecule has 9 nitrogen and oxygen atoms in total. The van der Waals surface area contributed by atoms with Gasteiger partial charge in [0, 0.05) is 23.0 Å². The first-order chi connectivity index (χ1) is 15.8. The molecule has 2 N–H and O–H groups in total. The lowest BCUT2D eigenvalue weighted by Crippen LogP contribution is -2.20. The lowest BCUT2D eigenvalue weighted by molar-refractivity contribution is -0.385. The minimum atomic E-state index is -0.856. The standard InChI is InChI=1S/C23H20FN3O6/c1-14-18(24)10-15(11-19(14)27(30)31)23(29)26-17-7-5-6-16(12-17)25-22(28)13-33-21-9-4-3-8-20(21)32-2/h3-12H,13H2,1-2H3,(H,25,28)(H,26,29). The summed E-state index contributed by atoms with van der Waals surface area (Å²) in [6.45, 7) is 0.988. The number of anilines is 2. The smallest absolute Gasteiger partial charge is 0.276 e. The molecule has 0 saturated carbocycles. The molecule has 0 radical (unpaired) electrons. The second-order valence-corrected chi connectivity index (χ2v) is 6.88. The van der Waals surface area contributed by atoms with E-state index in [2.05, 4.69) is 10.6 Å². The monoisotopic (exact) mass is 453 g/mol. The van der Waals surface area contributed by atoms with Crippen molar-refractivity contribution in [3.8, 4) is 11.5 Å². The highest BCUT2D eigenvalue weighted by Gasteiger charge is 2.19. The first-order valence-corrected chi connectivity index (χ1v) is 9.70. The number of hydrogen-bond acceptors (Lipinski definition) is 6. The summed E-state index contributed by atoms with van der Waals surface area (Å²) in [6, 6.07) is 15.1. The molecule has 0 saturated heterocycles. The molecule has 0 unspecified atom stereocenters. The van der Waals surface area contributed by atoms with Crippen molar-refractivity contribution >= 4 is 28.9 Å². The fraction of sp³-hybridized carbons (Fsp3) is 0.130. The third-order valence-corrected chi connectivity index (χ3v) is 4.61. The molecule has 0 heterocycles. The Kier molecular flexibility index (Phi) is 7.19. The van der Waals surface area contributed by atoms with Gasteiger partial charge in [0.05, 0.1) is 17.6 Å². The molecular weight excluding hydrogens is 433 g/mol. The number of nitrogens with zero attached hydrogens (tertiary/aromatic N) is 1. The van der Waals surface area contributed by atoms with Gasteiger partial charge in [-0.25, -0.2) is 4.39 Å². The van der Waals surface area contributed by atoms with Gasteiger partial charge in [0.2, 0.25) is 0 Å². The Morgan fingerprint density at radius 1 is 1.00 bits per heavy atom. The lowest BCUT2D eigenvalue weighted by atomic mass is 10.1. The molecule has 0 spiro atoms. The van der Waals surface area contributed by atoms with Crippen LogP contribution in [-0.2, 0) is 4.79 Å². The Labute approximate surface area is 188 Å². The Balaban J connectivity index is 1.65. The second kappa shape index (κ2) is 10.2. The van der Waals surface area contributed by atoms with Crippen LogP contribution in [-0.4, -0.2) is 30.5 Å². The average molecular weight is 453 g/mol. The highest BCUT2D eigenvalue weighted by Crippen LogP contribution is 2.26. The van der Waals surface area contributed by atoms with Crippen molar-refractivity contribution in [1.29, 1.82) is 0 Å². The number of carbonyl (C=O) groups is 2. The van der Waals surface area contributed by atoms with Gasteiger partial charge in [0.15, 0.2) is 18.1 Å². The van der Waals surface area contributed by atoms with Gasteiger partial charge in [-0.15, -0.1) is 0 Å². The summed E-state index contributed by atoms with van der Waals surface area (Å²) in [4.78, 5) is 35.1. The zero-order valence-corrected chi connectivity index (χ0v) is 17.8. The summed E-state index contributed by atoms with van der Waals surface area (Å²) in [5, 5.41) is 16.3. The largest absolute Gasteiger partial charge is 0.493 e. The molecule has 0 bridgehead atoms. The number of nitro groups is 1. The van der Waals surface area contributed by atoms with Gasteiger partial charge in [0.1, 0.15) is 5.82 Å². The van der Waals surface area contributed by atoms with Crippen LogP contribution in [0.3, 0.4) is 0 Å². The van der Waals surface area contributed by atoms with Crippen molar-refractivity contribution in [2.45, 2.75) is 6.92 Å². The van der Waals surface area contributed by atoms with Crippen LogP contribution >= 0.6 is 0 Å². The fourth-order valence-corrected chi connectivity index (χ4v) is 2.94. The van der Waals surface area contributed by atoms with E-state index in [4.69, 9.17) is 9.47 Å². The van der Waals surface area contributed by atoms with E-state index in [1.165, 1.54) is 20.1 Å². The van der Waals surface area contributed by atoms with Gasteiger partial charge in [-0.1, -0.05) is 18.2 Å². The number of methoxy groups -OCH3 is 1. The SMILES string of the molecule is COc1ccccc1OCC(=O)Nc1cccc(NC(=O)c2cc(F)c(C)c([N+](=O)[O-])c2)c1. The number of ether oxygens (including phenoxy) is 2. The van der Waals surface area contributed by atoms with Gasteiger partial charge in [0.25, 0.3) is 17.5 Å². The van der Waals surface area contributed by atoms with Crippen molar-refractivity contribution in [3.05, 3.63) is 87.7 Å². The molecule has 2 amide bonds. The number of halogens is 1. The predicted octanol–water partition coefficient (Wildman–Crippen LogP) is 4.32. The van der Waals surface area contributed by atoms with Crippen LogP contribution in [0.1, 0.15) is 15.9 Å². The van der Waals surface area contributed by atoms with Crippen molar-refractivity contribution in [1.82, 2.24) is 0 Å². The minimum Gasteiger partial charge on any atom is -0.493 e. The minimum absolute atomic E-state index is 0.156. The molecule has 0 aromatic heterocycles. The molecule has 3 aromatic carbocycles. The summed E-state index contributed by atoms with van der Waals surface area (Å²) in [5.41, 5.74) is -0.174. The van der Waals surface area contributed by atoms with E-state index in [9.17, 15) is 24.1 Å². The molecule has 10 heteroatoms. The molecule has 0 aliphatic heterocycles. The predicted molar refractivity (Wildman–Crippen MR) is 119 cm³/mol. The summed E-state index contributed by atoms with van der Waals surface area (Å²) >= 11 is 0. The van der Waals surface area contributed by atoms with Crippen LogP contribution in [0, 0.1) is 22.9 Å². The molecule has 0 aliphatic rings.